The lowest BCUT2D eigenvalue weighted by Gasteiger charge is -2.45. The van der Waals surface area contributed by atoms with Crippen LogP contribution in [0, 0.1) is 23.0 Å². The van der Waals surface area contributed by atoms with Gasteiger partial charge in [-0.1, -0.05) is 61.8 Å². The molecule has 74 heavy (non-hydrogen) atoms. The Morgan fingerprint density at radius 2 is 1.69 bits per heavy atom. The molecule has 5 amide bonds. The lowest BCUT2D eigenvalue weighted by Crippen LogP contribution is -2.50. The number of halogens is 3. The van der Waals surface area contributed by atoms with Gasteiger partial charge in [-0.15, -0.1) is 0 Å². The summed E-state index contributed by atoms with van der Waals surface area (Å²) in [7, 11) is 1.89. The van der Waals surface area contributed by atoms with Gasteiger partial charge >= 0.3 is 6.03 Å². The molecule has 1 aromatic heterocycles. The Kier molecular flexibility index (Phi) is 14.5. The lowest BCUT2D eigenvalue weighted by molar-refractivity contribution is -0.139. The Hall–Kier alpha value is -6.14. The number of nitrogens with two attached hydrogens (primary N) is 1. The van der Waals surface area contributed by atoms with Gasteiger partial charge in [0, 0.05) is 92.2 Å². The molecule has 0 spiro atoms. The SMILES string of the molecule is C[C@H]1c2c(cc(F)c(Cl)c2-c2c(C(N)=O)ccc(OCCO)c2F)O[C@]1(CNC1CCC(C(=O)N2CCC(C)(CN3CCC(c4ccc5c(N6CCC(=O)NC6=O)nn(C)c5c4)CC3)CC2)CC1)c1ccccc1. The summed E-state index contributed by atoms with van der Waals surface area (Å²) in [5.41, 5.74) is 7.68. The number of fused-ring (bicyclic) bond motifs is 2. The molecule has 15 nitrogen and oxygen atoms in total. The first-order valence-electron chi connectivity index (χ1n) is 26.0. The molecule has 18 heteroatoms. The van der Waals surface area contributed by atoms with Crippen molar-refractivity contribution in [3.05, 3.63) is 106 Å². The number of benzene rings is 4. The second kappa shape index (κ2) is 20.9. The highest BCUT2D eigenvalue weighted by molar-refractivity contribution is 6.34. The molecule has 0 bridgehead atoms. The quantitative estimate of drug-likeness (QED) is 0.0847. The fourth-order valence-electron chi connectivity index (χ4n) is 12.5. The maximum atomic E-state index is 16.5. The molecule has 5 aromatic rings. The molecule has 0 unspecified atom stereocenters. The van der Waals surface area contributed by atoms with Gasteiger partial charge in [-0.05, 0) is 111 Å². The number of primary amides is 1. The first-order chi connectivity index (χ1) is 35.6. The molecule has 4 aromatic carbocycles. The number of anilines is 1. The number of rotatable bonds is 14. The minimum Gasteiger partial charge on any atom is -0.488 e. The minimum atomic E-state index is -1.10. The standard InChI is InChI=1S/C56H65ClF2N8O7/c1-33-46-44(30-41(58)49(57)48(46)47-40(51(60)70)15-16-43(50(47)59)73-28-27-68)74-56(33,37-7-5-4-6-8-37)31-61-38-12-9-35(10-13-38)53(71)66-25-20-55(2,21-26-66)32-65-22-17-34(18-23-65)36-11-14-39-42(29-36)64(3)63-52(39)67-24-19-45(69)62-54(67)72/h4-8,11,14-16,29-30,33-35,38,61,68H,9-10,12-13,17-28,31-32H2,1-3H3,(H2,60,70)(H,62,69,72)/t33-,35?,38?,56-/m0/s1. The van der Waals surface area contributed by atoms with E-state index in [1.165, 1.54) is 23.8 Å². The van der Waals surface area contributed by atoms with Gasteiger partial charge in [0.15, 0.2) is 23.0 Å². The number of imide groups is 1. The van der Waals surface area contributed by atoms with Crippen LogP contribution < -0.4 is 30.7 Å². The maximum Gasteiger partial charge on any atom is 0.329 e. The summed E-state index contributed by atoms with van der Waals surface area (Å²) in [5.74, 6) is -2.51. The van der Waals surface area contributed by atoms with Gasteiger partial charge in [0.1, 0.15) is 18.2 Å². The number of urea groups is 1. The summed E-state index contributed by atoms with van der Waals surface area (Å²) >= 11 is 6.73. The number of aliphatic hydroxyl groups is 1. The summed E-state index contributed by atoms with van der Waals surface area (Å²) in [6, 6.07) is 19.4. The second-order valence-corrected chi connectivity index (χ2v) is 21.7. The smallest absolute Gasteiger partial charge is 0.329 e. The lowest BCUT2D eigenvalue weighted by atomic mass is 9.76. The van der Waals surface area contributed by atoms with Crippen LogP contribution in [0.25, 0.3) is 22.0 Å². The van der Waals surface area contributed by atoms with Crippen LogP contribution in [0.5, 0.6) is 11.5 Å². The third-order valence-corrected chi connectivity index (χ3v) is 17.1. The number of likely N-dealkylation sites (tertiary alicyclic amines) is 2. The predicted molar refractivity (Wildman–Crippen MR) is 277 cm³/mol. The summed E-state index contributed by atoms with van der Waals surface area (Å²) in [6.07, 6.45) is 7.30. The van der Waals surface area contributed by atoms with E-state index in [0.717, 1.165) is 101 Å². The van der Waals surface area contributed by atoms with Gasteiger partial charge < -0.3 is 35.4 Å². The number of hydrogen-bond acceptors (Lipinski definition) is 10. The average molecular weight is 1040 g/mol. The number of carbonyl (C=O) groups excluding carboxylic acids is 4. The van der Waals surface area contributed by atoms with E-state index in [9.17, 15) is 24.3 Å². The number of hydrogen-bond donors (Lipinski definition) is 4. The van der Waals surface area contributed by atoms with E-state index < -0.39 is 40.1 Å². The third-order valence-electron chi connectivity index (χ3n) is 16.7. The van der Waals surface area contributed by atoms with Crippen LogP contribution in [0.4, 0.5) is 19.4 Å². The summed E-state index contributed by atoms with van der Waals surface area (Å²) in [5, 5.41) is 20.7. The van der Waals surface area contributed by atoms with Gasteiger partial charge in [-0.2, -0.15) is 5.10 Å². The first kappa shape index (κ1) is 51.4. The molecule has 10 rings (SSSR count). The van der Waals surface area contributed by atoms with Crippen LogP contribution in [0.3, 0.4) is 0 Å². The highest BCUT2D eigenvalue weighted by Gasteiger charge is 2.50. The normalized spacial score (nSPS) is 23.4. The molecular weight excluding hydrogens is 970 g/mol. The molecule has 1 aliphatic carbocycles. The molecule has 392 valence electrons. The van der Waals surface area contributed by atoms with Gasteiger partial charge in [0.2, 0.25) is 17.7 Å². The van der Waals surface area contributed by atoms with Crippen molar-refractivity contribution in [1.82, 2.24) is 30.2 Å². The zero-order valence-electron chi connectivity index (χ0n) is 42.2. The summed E-state index contributed by atoms with van der Waals surface area (Å²) in [4.78, 5) is 57.5. The third kappa shape index (κ3) is 9.72. The van der Waals surface area contributed by atoms with Gasteiger partial charge in [0.05, 0.1) is 22.7 Å². The average Bonchev–Trinajstić information content (AvgIpc) is 3.88. The van der Waals surface area contributed by atoms with Crippen molar-refractivity contribution in [1.29, 1.82) is 0 Å². The minimum absolute atomic E-state index is 0.0499. The number of aliphatic hydroxyl groups excluding tert-OH is 1. The molecule has 5 N–H and O–H groups in total. The maximum absolute atomic E-state index is 16.5. The van der Waals surface area contributed by atoms with Crippen LogP contribution >= 0.6 is 11.6 Å². The van der Waals surface area contributed by atoms with E-state index >= 15 is 8.78 Å². The topological polar surface area (TPSA) is 185 Å². The monoisotopic (exact) mass is 1030 g/mol. The number of amides is 5. The molecule has 3 saturated heterocycles. The van der Waals surface area contributed by atoms with Crippen molar-refractivity contribution in [2.45, 2.75) is 95.1 Å². The Balaban J connectivity index is 0.741. The van der Waals surface area contributed by atoms with Gasteiger partial charge in [-0.3, -0.25) is 29.3 Å². The van der Waals surface area contributed by atoms with Crippen LogP contribution in [0.15, 0.2) is 66.7 Å². The van der Waals surface area contributed by atoms with Crippen LogP contribution in [-0.2, 0) is 22.2 Å². The molecular formula is C56H65ClF2N8O7. The Morgan fingerprint density at radius 1 is 0.959 bits per heavy atom. The van der Waals surface area contributed by atoms with Gasteiger partial charge in [0.25, 0.3) is 0 Å². The largest absolute Gasteiger partial charge is 0.488 e. The van der Waals surface area contributed by atoms with Crippen LogP contribution in [0.1, 0.15) is 111 Å². The Labute approximate surface area is 434 Å². The van der Waals surface area contributed by atoms with E-state index in [-0.39, 0.29) is 77.0 Å². The van der Waals surface area contributed by atoms with E-state index in [1.807, 2.05) is 49.0 Å². The first-order valence-corrected chi connectivity index (χ1v) is 26.4. The van der Waals surface area contributed by atoms with Crippen molar-refractivity contribution in [3.63, 3.8) is 0 Å². The molecule has 5 aliphatic rings. The van der Waals surface area contributed by atoms with E-state index in [4.69, 9.17) is 26.8 Å². The molecule has 1 saturated carbocycles. The molecule has 2 atom stereocenters. The highest BCUT2D eigenvalue weighted by Crippen LogP contribution is 2.56. The fraction of sp³-hybridized carbons (Fsp3) is 0.482. The number of piperidine rings is 2. The van der Waals surface area contributed by atoms with Crippen molar-refractivity contribution in [2.75, 3.05) is 63.9 Å². The zero-order chi connectivity index (χ0) is 52.1. The van der Waals surface area contributed by atoms with E-state index in [0.29, 0.717) is 30.4 Å². The molecule has 5 heterocycles. The van der Waals surface area contributed by atoms with Crippen LogP contribution in [-0.4, -0.2) is 114 Å². The van der Waals surface area contributed by atoms with E-state index in [1.54, 1.807) is 4.90 Å². The number of aryl methyl sites for hydroxylation is 1. The van der Waals surface area contributed by atoms with Crippen molar-refractivity contribution in [3.8, 4) is 22.6 Å². The van der Waals surface area contributed by atoms with Crippen LogP contribution in [0.2, 0.25) is 5.02 Å². The molecule has 4 aliphatic heterocycles. The van der Waals surface area contributed by atoms with Gasteiger partial charge in [-0.25, -0.2) is 13.6 Å². The summed E-state index contributed by atoms with van der Waals surface area (Å²) in [6.45, 7) is 8.81. The summed E-state index contributed by atoms with van der Waals surface area (Å²) < 4.78 is 46.5. The number of nitrogens with zero attached hydrogens (tertiary/aromatic N) is 5. The highest BCUT2D eigenvalue weighted by atomic mass is 35.5. The van der Waals surface area contributed by atoms with Crippen molar-refractivity contribution >= 4 is 52.1 Å². The van der Waals surface area contributed by atoms with E-state index in [2.05, 4.69) is 50.7 Å². The fourth-order valence-corrected chi connectivity index (χ4v) is 12.7. The number of carbonyl (C=O) groups is 4. The second-order valence-electron chi connectivity index (χ2n) is 21.4. The number of aromatic nitrogens is 2. The zero-order valence-corrected chi connectivity index (χ0v) is 43.0. The Morgan fingerprint density at radius 3 is 2.38 bits per heavy atom. The predicted octanol–water partition coefficient (Wildman–Crippen LogP) is 8.14. The van der Waals surface area contributed by atoms with Crippen molar-refractivity contribution < 1.29 is 42.5 Å². The number of ether oxygens (including phenoxy) is 2. The Bertz CT molecular complexity index is 2970. The molecule has 4 fully saturated rings. The molecule has 0 radical (unpaired) electrons. The van der Waals surface area contributed by atoms with Crippen molar-refractivity contribution in [2.24, 2.45) is 24.1 Å². The number of nitrogens with one attached hydrogen (secondary N) is 2.